The Bertz CT molecular complexity index is 1380. The molecular formula is C25H23N3O4S. The Kier molecular flexibility index (Phi) is 5.36. The zero-order chi connectivity index (χ0) is 23.2. The van der Waals surface area contributed by atoms with Gasteiger partial charge in [-0.3, -0.25) is 9.59 Å². The minimum atomic E-state index is -3.64. The largest absolute Gasteiger partial charge is 0.322 e. The number of anilines is 1. The van der Waals surface area contributed by atoms with Crippen LogP contribution in [0.25, 0.3) is 11.1 Å². The Morgan fingerprint density at radius 2 is 1.52 bits per heavy atom. The molecule has 3 aromatic rings. The normalized spacial score (nSPS) is 16.3. The number of carbonyl (C=O) groups is 2. The summed E-state index contributed by atoms with van der Waals surface area (Å²) >= 11 is 0. The number of carbonyl (C=O) groups excluding carboxylic acids is 2. The van der Waals surface area contributed by atoms with Gasteiger partial charge in [-0.05, 0) is 48.5 Å². The summed E-state index contributed by atoms with van der Waals surface area (Å²) in [5, 5.41) is 2.77. The third-order valence-electron chi connectivity index (χ3n) is 6.18. The molecule has 8 heteroatoms. The second-order valence-corrected chi connectivity index (χ2v) is 10.3. The van der Waals surface area contributed by atoms with Crippen LogP contribution in [0.1, 0.15) is 26.3 Å². The lowest BCUT2D eigenvalue weighted by Crippen LogP contribution is -2.47. The molecule has 33 heavy (non-hydrogen) atoms. The van der Waals surface area contributed by atoms with Crippen molar-refractivity contribution in [1.82, 2.24) is 9.21 Å². The number of rotatable bonds is 4. The highest BCUT2D eigenvalue weighted by Gasteiger charge is 2.29. The number of fused-ring (bicyclic) bond motifs is 3. The van der Waals surface area contributed by atoms with Gasteiger partial charge in [-0.1, -0.05) is 36.4 Å². The minimum absolute atomic E-state index is 0.101. The van der Waals surface area contributed by atoms with Gasteiger partial charge < -0.3 is 10.2 Å². The zero-order valence-electron chi connectivity index (χ0n) is 18.1. The fourth-order valence-electron chi connectivity index (χ4n) is 4.28. The molecule has 0 atom stereocenters. The highest BCUT2D eigenvalue weighted by Crippen LogP contribution is 2.36. The molecule has 0 aromatic heterocycles. The van der Waals surface area contributed by atoms with Gasteiger partial charge in [0, 0.05) is 48.6 Å². The summed E-state index contributed by atoms with van der Waals surface area (Å²) in [6.07, 6.45) is 0. The molecule has 1 heterocycles. The van der Waals surface area contributed by atoms with Gasteiger partial charge in [-0.25, -0.2) is 8.42 Å². The lowest BCUT2D eigenvalue weighted by atomic mass is 10.0. The first-order valence-electron chi connectivity index (χ1n) is 10.7. The van der Waals surface area contributed by atoms with Crippen molar-refractivity contribution in [3.63, 3.8) is 0 Å². The van der Waals surface area contributed by atoms with Gasteiger partial charge in [0.25, 0.3) is 5.91 Å². The quantitative estimate of drug-likeness (QED) is 0.505. The Hall–Kier alpha value is -3.33. The molecule has 5 rings (SSSR count). The van der Waals surface area contributed by atoms with Crippen LogP contribution < -0.4 is 5.32 Å². The molecular weight excluding hydrogens is 438 g/mol. The Balaban J connectivity index is 1.37. The molecule has 0 bridgehead atoms. The number of hydrogen-bond donors (Lipinski definition) is 1. The summed E-state index contributed by atoms with van der Waals surface area (Å²) in [6, 6.07) is 18.7. The first-order chi connectivity index (χ1) is 15.8. The van der Waals surface area contributed by atoms with Crippen LogP contribution in [0.5, 0.6) is 0 Å². The van der Waals surface area contributed by atoms with Crippen molar-refractivity contribution in [1.29, 1.82) is 0 Å². The van der Waals surface area contributed by atoms with E-state index < -0.39 is 15.9 Å². The maximum absolute atomic E-state index is 13.0. The lowest BCUT2D eigenvalue weighted by Gasteiger charge is -2.31. The average Bonchev–Trinajstić information content (AvgIpc) is 3.11. The predicted molar refractivity (Wildman–Crippen MR) is 126 cm³/mol. The number of hydrogen-bond acceptors (Lipinski definition) is 5. The predicted octanol–water partition coefficient (Wildman–Crippen LogP) is 3.09. The Morgan fingerprint density at radius 1 is 0.818 bits per heavy atom. The van der Waals surface area contributed by atoms with E-state index in [9.17, 15) is 18.0 Å². The molecule has 3 aromatic carbocycles. The first kappa shape index (κ1) is 21.5. The highest BCUT2D eigenvalue weighted by molar-refractivity contribution is 7.89. The van der Waals surface area contributed by atoms with E-state index in [1.54, 1.807) is 36.4 Å². The highest BCUT2D eigenvalue weighted by atomic mass is 32.2. The molecule has 7 nitrogen and oxygen atoms in total. The van der Waals surface area contributed by atoms with Crippen molar-refractivity contribution in [3.05, 3.63) is 83.4 Å². The molecule has 1 aliphatic carbocycles. The summed E-state index contributed by atoms with van der Waals surface area (Å²) in [5.74, 6) is -0.508. The van der Waals surface area contributed by atoms with Gasteiger partial charge in [0.05, 0.1) is 4.90 Å². The maximum Gasteiger partial charge on any atom is 0.255 e. The van der Waals surface area contributed by atoms with Gasteiger partial charge in [-0.15, -0.1) is 0 Å². The van der Waals surface area contributed by atoms with E-state index in [1.807, 2.05) is 25.2 Å². The van der Waals surface area contributed by atoms with Crippen LogP contribution in [-0.2, 0) is 10.0 Å². The number of amides is 1. The van der Waals surface area contributed by atoms with Crippen molar-refractivity contribution < 1.29 is 18.0 Å². The van der Waals surface area contributed by atoms with Crippen molar-refractivity contribution in [2.45, 2.75) is 4.90 Å². The smallest absolute Gasteiger partial charge is 0.255 e. The van der Waals surface area contributed by atoms with E-state index in [-0.39, 0.29) is 10.7 Å². The zero-order valence-corrected chi connectivity index (χ0v) is 18.9. The van der Waals surface area contributed by atoms with Crippen LogP contribution in [-0.4, -0.2) is 62.5 Å². The average molecular weight is 462 g/mol. The van der Waals surface area contributed by atoms with Crippen LogP contribution in [0.3, 0.4) is 0 Å². The summed E-state index contributed by atoms with van der Waals surface area (Å²) < 4.78 is 27.5. The molecule has 2 aliphatic rings. The van der Waals surface area contributed by atoms with E-state index in [4.69, 9.17) is 0 Å². The summed E-state index contributed by atoms with van der Waals surface area (Å²) in [6.45, 7) is 2.22. The van der Waals surface area contributed by atoms with Crippen LogP contribution in [0.4, 0.5) is 5.69 Å². The van der Waals surface area contributed by atoms with Gasteiger partial charge in [0.2, 0.25) is 10.0 Å². The number of likely N-dealkylation sites (N-methyl/N-ethyl adjacent to an activating group) is 1. The van der Waals surface area contributed by atoms with Gasteiger partial charge in [0.15, 0.2) is 5.78 Å². The molecule has 1 fully saturated rings. The number of benzene rings is 3. The van der Waals surface area contributed by atoms with Crippen molar-refractivity contribution in [3.8, 4) is 11.1 Å². The van der Waals surface area contributed by atoms with Crippen LogP contribution in [0.15, 0.2) is 71.6 Å². The topological polar surface area (TPSA) is 86.8 Å². The lowest BCUT2D eigenvalue weighted by molar-refractivity contribution is 0.102. The number of nitrogens with one attached hydrogen (secondary N) is 1. The van der Waals surface area contributed by atoms with Crippen LogP contribution >= 0.6 is 0 Å². The number of ketones is 1. The van der Waals surface area contributed by atoms with E-state index in [0.29, 0.717) is 48.6 Å². The maximum atomic E-state index is 13.0. The molecule has 0 saturated carbocycles. The van der Waals surface area contributed by atoms with E-state index >= 15 is 0 Å². The van der Waals surface area contributed by atoms with Gasteiger partial charge in [0.1, 0.15) is 0 Å². The molecule has 1 aliphatic heterocycles. The number of piperazine rings is 1. The Morgan fingerprint density at radius 3 is 2.27 bits per heavy atom. The van der Waals surface area contributed by atoms with E-state index in [2.05, 4.69) is 10.2 Å². The first-order valence-corrected chi connectivity index (χ1v) is 12.2. The Labute approximate surface area is 192 Å². The van der Waals surface area contributed by atoms with Crippen molar-refractivity contribution in [2.75, 3.05) is 38.5 Å². The molecule has 1 N–H and O–H groups in total. The summed E-state index contributed by atoms with van der Waals surface area (Å²) in [5.41, 5.74) is 3.52. The summed E-state index contributed by atoms with van der Waals surface area (Å²) in [7, 11) is -1.68. The second kappa shape index (κ2) is 8.22. The van der Waals surface area contributed by atoms with Crippen LogP contribution in [0, 0.1) is 0 Å². The molecule has 0 spiro atoms. The molecule has 168 valence electrons. The number of nitrogens with zero attached hydrogens (tertiary/aromatic N) is 2. The standard InChI is InChI=1S/C25H23N3O4S/c1-27-11-13-28(14-12-27)33(31,32)19-6-4-5-18(16-19)26-25(30)17-9-10-21-20-7-2-3-8-22(20)24(29)23(21)15-17/h2-10,15-16H,11-14H2,1H3,(H,26,30). The van der Waals surface area contributed by atoms with E-state index in [0.717, 1.165) is 11.1 Å². The molecule has 1 saturated heterocycles. The van der Waals surface area contributed by atoms with Crippen LogP contribution in [0.2, 0.25) is 0 Å². The van der Waals surface area contributed by atoms with Gasteiger partial charge >= 0.3 is 0 Å². The molecule has 1 amide bonds. The third-order valence-corrected chi connectivity index (χ3v) is 8.07. The van der Waals surface area contributed by atoms with Crippen molar-refractivity contribution in [2.24, 2.45) is 0 Å². The van der Waals surface area contributed by atoms with Crippen molar-refractivity contribution >= 4 is 27.4 Å². The monoisotopic (exact) mass is 461 g/mol. The minimum Gasteiger partial charge on any atom is -0.322 e. The van der Waals surface area contributed by atoms with E-state index in [1.165, 1.54) is 16.4 Å². The molecule has 0 unspecified atom stereocenters. The fourth-order valence-corrected chi connectivity index (χ4v) is 5.75. The fraction of sp³-hybridized carbons (Fsp3) is 0.200. The van der Waals surface area contributed by atoms with Gasteiger partial charge in [-0.2, -0.15) is 4.31 Å². The second-order valence-electron chi connectivity index (χ2n) is 8.32. The molecule has 0 radical (unpaired) electrons. The number of sulfonamides is 1. The third kappa shape index (κ3) is 3.86. The SMILES string of the molecule is CN1CCN(S(=O)(=O)c2cccc(NC(=O)c3ccc4c(c3)C(=O)c3ccccc3-4)c2)CC1. The summed E-state index contributed by atoms with van der Waals surface area (Å²) in [4.78, 5) is 27.9.